The number of benzene rings is 1. The zero-order valence-electron chi connectivity index (χ0n) is 12.2. The van der Waals surface area contributed by atoms with E-state index in [4.69, 9.17) is 4.74 Å². The molecule has 1 fully saturated rings. The van der Waals surface area contributed by atoms with Crippen LogP contribution in [0.5, 0.6) is 5.75 Å². The fourth-order valence-corrected chi connectivity index (χ4v) is 4.33. The van der Waals surface area contributed by atoms with Crippen LogP contribution in [0.1, 0.15) is 12.8 Å². The van der Waals surface area contributed by atoms with E-state index >= 15 is 0 Å². The third-order valence-corrected chi connectivity index (χ3v) is 5.69. The van der Waals surface area contributed by atoms with E-state index in [1.807, 2.05) is 0 Å². The Balaban J connectivity index is 1.66. The lowest BCUT2D eigenvalue weighted by molar-refractivity contribution is -0.130. The molecule has 0 radical (unpaired) electrons. The van der Waals surface area contributed by atoms with Gasteiger partial charge in [-0.05, 0) is 36.6 Å². The van der Waals surface area contributed by atoms with E-state index in [0.29, 0.717) is 12.2 Å². The van der Waals surface area contributed by atoms with Crippen LogP contribution in [0.2, 0.25) is 0 Å². The van der Waals surface area contributed by atoms with Gasteiger partial charge >= 0.3 is 0 Å². The Morgan fingerprint density at radius 3 is 2.43 bits per heavy atom. The van der Waals surface area contributed by atoms with Crippen molar-refractivity contribution in [1.82, 2.24) is 10.9 Å². The predicted molar refractivity (Wildman–Crippen MR) is 87.3 cm³/mol. The van der Waals surface area contributed by atoms with Gasteiger partial charge in [-0.15, -0.1) is 0 Å². The zero-order chi connectivity index (χ0) is 16.9. The van der Waals surface area contributed by atoms with Gasteiger partial charge in [-0.25, -0.2) is 8.42 Å². The third kappa shape index (κ3) is 6.19. The molecule has 0 spiro atoms. The highest BCUT2D eigenvalue weighted by Crippen LogP contribution is 2.21. The van der Waals surface area contributed by atoms with Crippen LogP contribution >= 0.6 is 15.9 Å². The normalized spacial score (nSPS) is 19.1. The molecule has 7 nitrogen and oxygen atoms in total. The molecule has 1 aliphatic heterocycles. The Labute approximate surface area is 142 Å². The molecule has 23 heavy (non-hydrogen) atoms. The Bertz CT molecular complexity index is 675. The first-order valence-corrected chi connectivity index (χ1v) is 9.62. The second kappa shape index (κ2) is 7.78. The van der Waals surface area contributed by atoms with Gasteiger partial charge < -0.3 is 4.74 Å². The van der Waals surface area contributed by atoms with E-state index in [1.54, 1.807) is 24.3 Å². The van der Waals surface area contributed by atoms with E-state index in [0.717, 1.165) is 4.47 Å². The highest BCUT2D eigenvalue weighted by Gasteiger charge is 2.29. The van der Waals surface area contributed by atoms with Crippen molar-refractivity contribution in [3.8, 4) is 5.75 Å². The number of rotatable bonds is 5. The lowest BCUT2D eigenvalue weighted by atomic mass is 10.1. The van der Waals surface area contributed by atoms with E-state index in [-0.39, 0.29) is 30.5 Å². The molecule has 0 unspecified atom stereocenters. The van der Waals surface area contributed by atoms with Crippen molar-refractivity contribution in [1.29, 1.82) is 0 Å². The van der Waals surface area contributed by atoms with Crippen LogP contribution in [0.3, 0.4) is 0 Å². The summed E-state index contributed by atoms with van der Waals surface area (Å²) in [5.74, 6) is -0.412. The Morgan fingerprint density at radius 1 is 1.17 bits per heavy atom. The number of carbonyl (C=O) groups excluding carboxylic acids is 2. The summed E-state index contributed by atoms with van der Waals surface area (Å²) in [6.45, 7) is -0.236. The second-order valence-electron chi connectivity index (χ2n) is 5.31. The summed E-state index contributed by atoms with van der Waals surface area (Å²) in [5, 5.41) is 0. The molecule has 1 aromatic rings. The summed E-state index contributed by atoms with van der Waals surface area (Å²) >= 11 is 3.29. The number of hydrogen-bond donors (Lipinski definition) is 2. The zero-order valence-corrected chi connectivity index (χ0v) is 14.7. The molecule has 0 aromatic heterocycles. The van der Waals surface area contributed by atoms with Crippen LogP contribution in [0, 0.1) is 5.92 Å². The quantitative estimate of drug-likeness (QED) is 0.706. The average Bonchev–Trinajstić information content (AvgIpc) is 2.83. The summed E-state index contributed by atoms with van der Waals surface area (Å²) in [7, 11) is -3.01. The van der Waals surface area contributed by atoms with Crippen molar-refractivity contribution in [2.24, 2.45) is 5.92 Å². The summed E-state index contributed by atoms with van der Waals surface area (Å²) < 4.78 is 28.8. The molecule has 1 aliphatic rings. The van der Waals surface area contributed by atoms with Crippen LogP contribution in [-0.2, 0) is 19.4 Å². The maximum absolute atomic E-state index is 11.7. The minimum atomic E-state index is -3.01. The van der Waals surface area contributed by atoms with Gasteiger partial charge in [-0.1, -0.05) is 15.9 Å². The monoisotopic (exact) mass is 404 g/mol. The first-order chi connectivity index (χ1) is 10.8. The van der Waals surface area contributed by atoms with Crippen LogP contribution < -0.4 is 15.6 Å². The third-order valence-electron chi connectivity index (χ3n) is 3.33. The van der Waals surface area contributed by atoms with E-state index in [2.05, 4.69) is 26.8 Å². The molecule has 2 rings (SSSR count). The van der Waals surface area contributed by atoms with Crippen LogP contribution in [0.25, 0.3) is 0 Å². The fraction of sp³-hybridized carbons (Fsp3) is 0.429. The number of hydrazine groups is 1. The molecule has 0 saturated carbocycles. The van der Waals surface area contributed by atoms with E-state index in [9.17, 15) is 18.0 Å². The largest absolute Gasteiger partial charge is 0.484 e. The van der Waals surface area contributed by atoms with Crippen molar-refractivity contribution in [3.05, 3.63) is 28.7 Å². The summed E-state index contributed by atoms with van der Waals surface area (Å²) in [6.07, 6.45) is 0.559. The van der Waals surface area contributed by atoms with E-state index < -0.39 is 21.7 Å². The molecule has 1 aromatic carbocycles. The van der Waals surface area contributed by atoms with Gasteiger partial charge in [0.05, 0.1) is 11.5 Å². The number of amides is 2. The van der Waals surface area contributed by atoms with Gasteiger partial charge in [0.2, 0.25) is 5.91 Å². The first kappa shape index (κ1) is 17.7. The van der Waals surface area contributed by atoms with Crippen molar-refractivity contribution in [2.75, 3.05) is 18.1 Å². The number of halogens is 1. The van der Waals surface area contributed by atoms with Crippen molar-refractivity contribution < 1.29 is 22.7 Å². The van der Waals surface area contributed by atoms with Crippen molar-refractivity contribution >= 4 is 37.6 Å². The van der Waals surface area contributed by atoms with Gasteiger partial charge in [0.15, 0.2) is 16.4 Å². The summed E-state index contributed by atoms with van der Waals surface area (Å²) in [4.78, 5) is 23.2. The topological polar surface area (TPSA) is 102 Å². The maximum atomic E-state index is 11.7. The molecular formula is C14H17BrN2O5S. The lowest BCUT2D eigenvalue weighted by Crippen LogP contribution is -2.44. The molecule has 1 atom stereocenters. The molecule has 9 heteroatoms. The highest BCUT2D eigenvalue weighted by molar-refractivity contribution is 9.10. The van der Waals surface area contributed by atoms with Gasteiger partial charge in [0, 0.05) is 10.9 Å². The Hall–Kier alpha value is -1.61. The van der Waals surface area contributed by atoms with Gasteiger partial charge in [-0.2, -0.15) is 0 Å². The first-order valence-electron chi connectivity index (χ1n) is 7.00. The fourth-order valence-electron chi connectivity index (χ4n) is 2.20. The molecule has 126 valence electrons. The second-order valence-corrected chi connectivity index (χ2v) is 8.46. The smallest absolute Gasteiger partial charge is 0.276 e. The number of ether oxygens (including phenoxy) is 1. The SMILES string of the molecule is O=C(COc1ccc(Br)cc1)NNC(=O)C[C@@H]1CCS(=O)(=O)C1. The van der Waals surface area contributed by atoms with Crippen molar-refractivity contribution in [2.45, 2.75) is 12.8 Å². The summed E-state index contributed by atoms with van der Waals surface area (Å²) in [6, 6.07) is 6.97. The molecule has 0 bridgehead atoms. The number of carbonyl (C=O) groups is 2. The lowest BCUT2D eigenvalue weighted by Gasteiger charge is -2.10. The molecule has 2 amide bonds. The average molecular weight is 405 g/mol. The van der Waals surface area contributed by atoms with Gasteiger partial charge in [-0.3, -0.25) is 20.4 Å². The number of sulfone groups is 1. The number of nitrogens with one attached hydrogen (secondary N) is 2. The predicted octanol–water partition coefficient (Wildman–Crippen LogP) is 0.800. The number of hydrogen-bond acceptors (Lipinski definition) is 5. The molecule has 2 N–H and O–H groups in total. The van der Waals surface area contributed by atoms with E-state index in [1.165, 1.54) is 0 Å². The molecule has 0 aliphatic carbocycles. The summed E-state index contributed by atoms with van der Waals surface area (Å²) in [5.41, 5.74) is 4.50. The highest BCUT2D eigenvalue weighted by atomic mass is 79.9. The van der Waals surface area contributed by atoms with Crippen LogP contribution in [0.4, 0.5) is 0 Å². The molecule has 1 heterocycles. The Morgan fingerprint density at radius 2 is 1.83 bits per heavy atom. The minimum Gasteiger partial charge on any atom is -0.484 e. The minimum absolute atomic E-state index is 0.0288. The Kier molecular flexibility index (Phi) is 6.00. The van der Waals surface area contributed by atoms with Crippen molar-refractivity contribution in [3.63, 3.8) is 0 Å². The van der Waals surface area contributed by atoms with Gasteiger partial charge in [0.25, 0.3) is 5.91 Å². The van der Waals surface area contributed by atoms with Crippen LogP contribution in [0.15, 0.2) is 28.7 Å². The maximum Gasteiger partial charge on any atom is 0.276 e. The van der Waals surface area contributed by atoms with Crippen LogP contribution in [-0.4, -0.2) is 38.3 Å². The standard InChI is InChI=1S/C14H17BrN2O5S/c15-11-1-3-12(4-2-11)22-8-14(19)17-16-13(18)7-10-5-6-23(20,21)9-10/h1-4,10H,5-9H2,(H,16,18)(H,17,19)/t10-/m0/s1. The van der Waals surface area contributed by atoms with Gasteiger partial charge in [0.1, 0.15) is 5.75 Å². The molecule has 1 saturated heterocycles. The molecular weight excluding hydrogens is 388 g/mol.